The third-order valence-electron chi connectivity index (χ3n) is 1.68. The molecule has 0 unspecified atom stereocenters. The van der Waals surface area contributed by atoms with Gasteiger partial charge in [0.15, 0.2) is 0 Å². The molecule has 0 heterocycles. The normalized spacial score (nSPS) is 8.93. The van der Waals surface area contributed by atoms with Crippen LogP contribution in [0.2, 0.25) is 5.02 Å². The summed E-state index contributed by atoms with van der Waals surface area (Å²) in [5, 5.41) is 2.81. The third-order valence-corrected chi connectivity index (χ3v) is 1.91. The highest BCUT2D eigenvalue weighted by atomic mass is 35.5. The first-order valence-electron chi connectivity index (χ1n) is 3.90. The van der Waals surface area contributed by atoms with Crippen molar-refractivity contribution in [1.29, 1.82) is 0 Å². The van der Waals surface area contributed by atoms with Crippen LogP contribution in [0.4, 0.5) is 10.5 Å². The number of anilines is 1. The van der Waals surface area contributed by atoms with E-state index in [-0.39, 0.29) is 6.03 Å². The summed E-state index contributed by atoms with van der Waals surface area (Å²) in [5.41, 5.74) is 0.685. The van der Waals surface area contributed by atoms with E-state index in [0.717, 1.165) is 0 Å². The average molecular weight is 209 g/mol. The highest BCUT2D eigenvalue weighted by Gasteiger charge is 2.08. The molecule has 0 aliphatic rings. The number of benzene rings is 1. The van der Waals surface area contributed by atoms with Gasteiger partial charge in [-0.25, -0.2) is 4.79 Å². The number of amides is 2. The molecule has 4 heteroatoms. The predicted octanol–water partition coefficient (Wildman–Crippen LogP) is 2.08. The molecular weight excluding hydrogens is 200 g/mol. The van der Waals surface area contributed by atoms with E-state index in [1.807, 2.05) is 0 Å². The summed E-state index contributed by atoms with van der Waals surface area (Å²) in [6, 6.07) is 8.63. The van der Waals surface area contributed by atoms with Crippen LogP contribution in [0, 0.1) is 12.5 Å². The van der Waals surface area contributed by atoms with E-state index in [0.29, 0.717) is 10.7 Å². The van der Waals surface area contributed by atoms with Gasteiger partial charge in [-0.05, 0) is 18.2 Å². The zero-order valence-electron chi connectivity index (χ0n) is 7.62. The second-order valence-electron chi connectivity index (χ2n) is 2.61. The van der Waals surface area contributed by atoms with Crippen LogP contribution >= 0.6 is 11.6 Å². The van der Waals surface area contributed by atoms with Crippen LogP contribution in [0.1, 0.15) is 0 Å². The summed E-state index contributed by atoms with van der Waals surface area (Å²) in [7, 11) is 1.61. The van der Waals surface area contributed by atoms with Crippen LogP contribution in [-0.4, -0.2) is 13.1 Å². The van der Waals surface area contributed by atoms with Gasteiger partial charge in [0.2, 0.25) is 0 Å². The van der Waals surface area contributed by atoms with Gasteiger partial charge in [0.25, 0.3) is 0 Å². The Balaban J connectivity index is 2.85. The molecule has 0 aromatic heterocycles. The fourth-order valence-corrected chi connectivity index (χ4v) is 1.13. The number of hydrogen-bond acceptors (Lipinski definition) is 1. The molecule has 14 heavy (non-hydrogen) atoms. The van der Waals surface area contributed by atoms with E-state index < -0.39 is 0 Å². The van der Waals surface area contributed by atoms with Gasteiger partial charge in [0.1, 0.15) is 0 Å². The van der Waals surface area contributed by atoms with Gasteiger partial charge >= 0.3 is 6.03 Å². The lowest BCUT2D eigenvalue weighted by molar-refractivity contribution is 0.251. The molecule has 0 saturated carbocycles. The standard InChI is InChI=1S/C10H9ClN2O/c1-3-12-10(14)13(2)9-6-4-5-8(11)7-9/h1,4-7H,2H3,(H,12,14). The Morgan fingerprint density at radius 1 is 1.64 bits per heavy atom. The van der Waals surface area contributed by atoms with Crippen molar-refractivity contribution >= 4 is 23.3 Å². The minimum atomic E-state index is -0.366. The van der Waals surface area contributed by atoms with E-state index in [9.17, 15) is 4.79 Å². The Kier molecular flexibility index (Phi) is 3.38. The van der Waals surface area contributed by atoms with Crippen molar-refractivity contribution in [3.05, 3.63) is 29.3 Å². The maximum atomic E-state index is 11.3. The molecule has 1 N–H and O–H groups in total. The lowest BCUT2D eigenvalue weighted by Gasteiger charge is -2.15. The van der Waals surface area contributed by atoms with Crippen LogP contribution in [0.25, 0.3) is 0 Å². The van der Waals surface area contributed by atoms with E-state index in [4.69, 9.17) is 18.0 Å². The van der Waals surface area contributed by atoms with Gasteiger partial charge in [-0.15, -0.1) is 0 Å². The molecule has 0 spiro atoms. The summed E-state index contributed by atoms with van der Waals surface area (Å²) < 4.78 is 0. The molecule has 2 amide bonds. The third kappa shape index (κ3) is 2.41. The molecule has 72 valence electrons. The first-order valence-corrected chi connectivity index (χ1v) is 4.28. The topological polar surface area (TPSA) is 32.3 Å². The number of halogens is 1. The van der Waals surface area contributed by atoms with Crippen molar-refractivity contribution in [3.8, 4) is 12.5 Å². The van der Waals surface area contributed by atoms with Gasteiger partial charge in [-0.1, -0.05) is 24.1 Å². The fourth-order valence-electron chi connectivity index (χ4n) is 0.948. The Bertz CT molecular complexity index is 384. The van der Waals surface area contributed by atoms with Crippen molar-refractivity contribution in [2.75, 3.05) is 11.9 Å². The van der Waals surface area contributed by atoms with Crippen LogP contribution in [0.15, 0.2) is 24.3 Å². The molecule has 0 radical (unpaired) electrons. The lowest BCUT2D eigenvalue weighted by atomic mass is 10.3. The first kappa shape index (κ1) is 10.4. The van der Waals surface area contributed by atoms with Crippen LogP contribution < -0.4 is 10.2 Å². The average Bonchev–Trinajstić information content (AvgIpc) is 2.17. The highest BCUT2D eigenvalue weighted by molar-refractivity contribution is 6.30. The molecule has 0 saturated heterocycles. The second-order valence-corrected chi connectivity index (χ2v) is 3.05. The molecule has 3 nitrogen and oxygen atoms in total. The summed E-state index contributed by atoms with van der Waals surface area (Å²) in [6.07, 6.45) is 4.94. The SMILES string of the molecule is C#CNC(=O)N(C)c1cccc(Cl)c1. The molecule has 0 atom stereocenters. The zero-order chi connectivity index (χ0) is 10.6. The minimum Gasteiger partial charge on any atom is -0.297 e. The molecule has 0 aliphatic carbocycles. The van der Waals surface area contributed by atoms with Crippen molar-refractivity contribution in [3.63, 3.8) is 0 Å². The summed E-state index contributed by atoms with van der Waals surface area (Å²) >= 11 is 5.77. The van der Waals surface area contributed by atoms with Crippen molar-refractivity contribution in [2.45, 2.75) is 0 Å². The lowest BCUT2D eigenvalue weighted by Crippen LogP contribution is -2.34. The van der Waals surface area contributed by atoms with Gasteiger partial charge in [0, 0.05) is 23.8 Å². The number of carbonyl (C=O) groups is 1. The molecule has 0 fully saturated rings. The summed E-state index contributed by atoms with van der Waals surface area (Å²) in [5.74, 6) is 0. The summed E-state index contributed by atoms with van der Waals surface area (Å²) in [6.45, 7) is 0. The zero-order valence-corrected chi connectivity index (χ0v) is 8.38. The van der Waals surface area contributed by atoms with Crippen molar-refractivity contribution in [1.82, 2.24) is 5.32 Å². The largest absolute Gasteiger partial charge is 0.333 e. The maximum absolute atomic E-state index is 11.3. The highest BCUT2D eigenvalue weighted by Crippen LogP contribution is 2.17. The number of rotatable bonds is 1. The Morgan fingerprint density at radius 2 is 2.36 bits per heavy atom. The molecule has 0 bridgehead atoms. The Labute approximate surface area is 87.7 Å². The first-order chi connectivity index (χ1) is 6.65. The van der Waals surface area contributed by atoms with Gasteiger partial charge < -0.3 is 0 Å². The van der Waals surface area contributed by atoms with Gasteiger partial charge in [-0.2, -0.15) is 0 Å². The van der Waals surface area contributed by atoms with E-state index in [2.05, 4.69) is 11.4 Å². The van der Waals surface area contributed by atoms with E-state index in [1.165, 1.54) is 4.90 Å². The number of terminal acetylenes is 1. The van der Waals surface area contributed by atoms with Crippen LogP contribution in [0.3, 0.4) is 0 Å². The molecule has 1 rings (SSSR count). The fraction of sp³-hybridized carbons (Fsp3) is 0.100. The van der Waals surface area contributed by atoms with Gasteiger partial charge in [-0.3, -0.25) is 10.2 Å². The molecule has 1 aromatic rings. The maximum Gasteiger partial charge on any atom is 0.333 e. The smallest absolute Gasteiger partial charge is 0.297 e. The monoisotopic (exact) mass is 208 g/mol. The number of hydrogen-bond donors (Lipinski definition) is 1. The van der Waals surface area contributed by atoms with Crippen molar-refractivity contribution in [2.24, 2.45) is 0 Å². The van der Waals surface area contributed by atoms with Crippen LogP contribution in [-0.2, 0) is 0 Å². The number of urea groups is 1. The number of nitrogens with one attached hydrogen (secondary N) is 1. The molecule has 1 aromatic carbocycles. The van der Waals surface area contributed by atoms with Gasteiger partial charge in [0.05, 0.1) is 0 Å². The Morgan fingerprint density at radius 3 is 2.93 bits per heavy atom. The quantitative estimate of drug-likeness (QED) is 0.556. The molecule has 0 aliphatic heterocycles. The number of nitrogens with zero attached hydrogens (tertiary/aromatic N) is 1. The second kappa shape index (κ2) is 4.54. The summed E-state index contributed by atoms with van der Waals surface area (Å²) in [4.78, 5) is 12.7. The van der Waals surface area contributed by atoms with Crippen LogP contribution in [0.5, 0.6) is 0 Å². The molecular formula is C10H9ClN2O. The minimum absolute atomic E-state index is 0.366. The predicted molar refractivity (Wildman–Crippen MR) is 57.2 cm³/mol. The Hall–Kier alpha value is -1.66. The van der Waals surface area contributed by atoms with E-state index >= 15 is 0 Å². The van der Waals surface area contributed by atoms with Crippen molar-refractivity contribution < 1.29 is 4.79 Å². The van der Waals surface area contributed by atoms with E-state index in [1.54, 1.807) is 31.3 Å². The number of carbonyl (C=O) groups excluding carboxylic acids is 1.